The molecule has 0 unspecified atom stereocenters. The van der Waals surface area contributed by atoms with Gasteiger partial charge in [-0.05, 0) is 61.3 Å². The average molecular weight is 401 g/mol. The van der Waals surface area contributed by atoms with E-state index in [4.69, 9.17) is 10.5 Å². The standard InChI is InChI=1S/C22H28N2O3S/c1-3-14(2)15-9-11-16(12-10-15)27-13-19(25)24-22-20(21(23)26)17-7-5-4-6-8-18(17)28-22/h9-12,14H,3-8,13H2,1-2H3,(H2,23,26)(H,24,25)/t14-/m0/s1. The number of amides is 2. The van der Waals surface area contributed by atoms with E-state index in [2.05, 4.69) is 19.2 Å². The van der Waals surface area contributed by atoms with Crippen LogP contribution in [0, 0.1) is 0 Å². The van der Waals surface area contributed by atoms with Crippen molar-refractivity contribution in [2.45, 2.75) is 58.3 Å². The van der Waals surface area contributed by atoms with Gasteiger partial charge in [-0.1, -0.05) is 32.4 Å². The number of anilines is 1. The molecule has 150 valence electrons. The number of hydrogen-bond acceptors (Lipinski definition) is 4. The van der Waals surface area contributed by atoms with Crippen LogP contribution in [0.1, 0.15) is 71.8 Å². The van der Waals surface area contributed by atoms with Crippen LogP contribution in [0.25, 0.3) is 0 Å². The van der Waals surface area contributed by atoms with E-state index in [1.807, 2.05) is 24.3 Å². The first-order valence-corrected chi connectivity index (χ1v) is 10.8. The minimum atomic E-state index is -0.476. The molecular weight excluding hydrogens is 372 g/mol. The SMILES string of the molecule is CC[C@H](C)c1ccc(OCC(=O)Nc2sc3c(c2C(N)=O)CCCCC3)cc1. The number of hydrogen-bond donors (Lipinski definition) is 2. The fraction of sp³-hybridized carbons (Fsp3) is 0.455. The Balaban J connectivity index is 1.64. The quantitative estimate of drug-likeness (QED) is 0.664. The van der Waals surface area contributed by atoms with Crippen LogP contribution >= 0.6 is 11.3 Å². The summed E-state index contributed by atoms with van der Waals surface area (Å²) < 4.78 is 5.61. The lowest BCUT2D eigenvalue weighted by atomic mass is 9.99. The lowest BCUT2D eigenvalue weighted by Gasteiger charge is -2.11. The van der Waals surface area contributed by atoms with Crippen LogP contribution < -0.4 is 15.8 Å². The molecular formula is C22H28N2O3S. The minimum Gasteiger partial charge on any atom is -0.484 e. The molecule has 0 aliphatic heterocycles. The van der Waals surface area contributed by atoms with Gasteiger partial charge in [0.05, 0.1) is 5.56 Å². The van der Waals surface area contributed by atoms with Gasteiger partial charge in [-0.3, -0.25) is 9.59 Å². The Morgan fingerprint density at radius 2 is 1.89 bits per heavy atom. The van der Waals surface area contributed by atoms with E-state index < -0.39 is 5.91 Å². The van der Waals surface area contributed by atoms with Crippen LogP contribution in [0.4, 0.5) is 5.00 Å². The summed E-state index contributed by atoms with van der Waals surface area (Å²) in [6.07, 6.45) is 6.18. The highest BCUT2D eigenvalue weighted by Crippen LogP contribution is 2.37. The molecule has 2 aromatic rings. The molecule has 5 nitrogen and oxygen atoms in total. The molecule has 28 heavy (non-hydrogen) atoms. The molecule has 0 fully saturated rings. The van der Waals surface area contributed by atoms with Gasteiger partial charge in [0.15, 0.2) is 6.61 Å². The van der Waals surface area contributed by atoms with Crippen LogP contribution in [0.15, 0.2) is 24.3 Å². The van der Waals surface area contributed by atoms with Crippen LogP contribution in [0.2, 0.25) is 0 Å². The Labute approximate surface area is 170 Å². The number of nitrogens with one attached hydrogen (secondary N) is 1. The number of carbonyl (C=O) groups is 2. The summed E-state index contributed by atoms with van der Waals surface area (Å²) in [4.78, 5) is 25.5. The number of ether oxygens (including phenoxy) is 1. The van der Waals surface area contributed by atoms with E-state index >= 15 is 0 Å². The highest BCUT2D eigenvalue weighted by atomic mass is 32.1. The maximum absolute atomic E-state index is 12.4. The van der Waals surface area contributed by atoms with Gasteiger partial charge in [-0.2, -0.15) is 0 Å². The summed E-state index contributed by atoms with van der Waals surface area (Å²) in [6.45, 7) is 4.23. The molecule has 1 atom stereocenters. The third-order valence-electron chi connectivity index (χ3n) is 5.35. The van der Waals surface area contributed by atoms with E-state index in [9.17, 15) is 9.59 Å². The van der Waals surface area contributed by atoms with Crippen LogP contribution in [0.5, 0.6) is 5.75 Å². The zero-order chi connectivity index (χ0) is 20.1. The molecule has 0 saturated carbocycles. The normalized spacial score (nSPS) is 14.6. The predicted octanol–water partition coefficient (Wildman–Crippen LogP) is 4.65. The van der Waals surface area contributed by atoms with Gasteiger partial charge in [-0.15, -0.1) is 11.3 Å². The molecule has 1 aliphatic carbocycles. The summed E-state index contributed by atoms with van der Waals surface area (Å²) in [5.41, 5.74) is 8.37. The second kappa shape index (κ2) is 9.24. The predicted molar refractivity (Wildman–Crippen MR) is 113 cm³/mol. The van der Waals surface area contributed by atoms with Gasteiger partial charge < -0.3 is 15.8 Å². The van der Waals surface area contributed by atoms with Gasteiger partial charge >= 0.3 is 0 Å². The molecule has 1 heterocycles. The molecule has 0 bridgehead atoms. The molecule has 0 radical (unpaired) electrons. The number of benzene rings is 1. The van der Waals surface area contributed by atoms with E-state index in [1.165, 1.54) is 21.8 Å². The Morgan fingerprint density at radius 3 is 2.57 bits per heavy atom. The summed E-state index contributed by atoms with van der Waals surface area (Å²) in [5, 5.41) is 3.39. The average Bonchev–Trinajstić information content (AvgIpc) is 2.87. The molecule has 3 N–H and O–H groups in total. The van der Waals surface area contributed by atoms with E-state index in [0.717, 1.165) is 44.1 Å². The van der Waals surface area contributed by atoms with Gasteiger partial charge in [-0.25, -0.2) is 0 Å². The second-order valence-corrected chi connectivity index (χ2v) is 8.45. The summed E-state index contributed by atoms with van der Waals surface area (Å²) in [6, 6.07) is 7.83. The fourth-order valence-corrected chi connectivity index (χ4v) is 4.84. The van der Waals surface area contributed by atoms with Gasteiger partial charge in [0.1, 0.15) is 10.8 Å². The minimum absolute atomic E-state index is 0.108. The van der Waals surface area contributed by atoms with Crippen LogP contribution in [-0.4, -0.2) is 18.4 Å². The van der Waals surface area contributed by atoms with E-state index in [-0.39, 0.29) is 12.5 Å². The van der Waals surface area contributed by atoms with Gasteiger partial charge in [0.2, 0.25) is 0 Å². The molecule has 1 aromatic heterocycles. The highest BCUT2D eigenvalue weighted by molar-refractivity contribution is 7.17. The lowest BCUT2D eigenvalue weighted by Crippen LogP contribution is -2.22. The van der Waals surface area contributed by atoms with Crippen LogP contribution in [0.3, 0.4) is 0 Å². The first kappa shape index (κ1) is 20.4. The molecule has 0 spiro atoms. The van der Waals surface area contributed by atoms with E-state index in [0.29, 0.717) is 22.2 Å². The Bertz CT molecular complexity index is 842. The first-order chi connectivity index (χ1) is 13.5. The van der Waals surface area contributed by atoms with Crippen molar-refractivity contribution in [3.63, 3.8) is 0 Å². The lowest BCUT2D eigenvalue weighted by molar-refractivity contribution is -0.118. The zero-order valence-corrected chi connectivity index (χ0v) is 17.4. The fourth-order valence-electron chi connectivity index (χ4n) is 3.53. The second-order valence-electron chi connectivity index (χ2n) is 7.35. The van der Waals surface area contributed by atoms with Gasteiger partial charge in [0, 0.05) is 4.88 Å². The van der Waals surface area contributed by atoms with Crippen molar-refractivity contribution in [2.24, 2.45) is 5.73 Å². The number of nitrogens with two attached hydrogens (primary N) is 1. The van der Waals surface area contributed by atoms with Crippen molar-refractivity contribution in [3.8, 4) is 5.75 Å². The Kier molecular flexibility index (Phi) is 6.73. The van der Waals surface area contributed by atoms with Crippen molar-refractivity contribution in [3.05, 3.63) is 45.8 Å². The molecule has 2 amide bonds. The van der Waals surface area contributed by atoms with Crippen molar-refractivity contribution >= 4 is 28.2 Å². The Morgan fingerprint density at radius 1 is 1.18 bits per heavy atom. The third-order valence-corrected chi connectivity index (χ3v) is 6.56. The number of aryl methyl sites for hydroxylation is 1. The molecule has 1 aromatic carbocycles. The molecule has 3 rings (SSSR count). The van der Waals surface area contributed by atoms with Crippen molar-refractivity contribution in [2.75, 3.05) is 11.9 Å². The maximum Gasteiger partial charge on any atom is 0.262 e. The number of rotatable bonds is 7. The Hall–Kier alpha value is -2.34. The molecule has 1 aliphatic rings. The van der Waals surface area contributed by atoms with E-state index in [1.54, 1.807) is 0 Å². The largest absolute Gasteiger partial charge is 0.484 e. The third kappa shape index (κ3) is 4.73. The summed E-state index contributed by atoms with van der Waals surface area (Å²) >= 11 is 1.47. The number of thiophene rings is 1. The monoisotopic (exact) mass is 400 g/mol. The van der Waals surface area contributed by atoms with Crippen molar-refractivity contribution in [1.29, 1.82) is 0 Å². The maximum atomic E-state index is 12.4. The molecule has 0 saturated heterocycles. The summed E-state index contributed by atoms with van der Waals surface area (Å²) in [7, 11) is 0. The topological polar surface area (TPSA) is 81.4 Å². The smallest absolute Gasteiger partial charge is 0.262 e. The molecule has 6 heteroatoms. The van der Waals surface area contributed by atoms with Gasteiger partial charge in [0.25, 0.3) is 11.8 Å². The summed E-state index contributed by atoms with van der Waals surface area (Å²) in [5.74, 6) is 0.388. The van der Waals surface area contributed by atoms with Crippen molar-refractivity contribution in [1.82, 2.24) is 0 Å². The van der Waals surface area contributed by atoms with Crippen molar-refractivity contribution < 1.29 is 14.3 Å². The number of carbonyl (C=O) groups excluding carboxylic acids is 2. The number of fused-ring (bicyclic) bond motifs is 1. The highest BCUT2D eigenvalue weighted by Gasteiger charge is 2.24. The zero-order valence-electron chi connectivity index (χ0n) is 16.5. The number of primary amides is 1. The van der Waals surface area contributed by atoms with Crippen LogP contribution in [-0.2, 0) is 17.6 Å². The first-order valence-electron chi connectivity index (χ1n) is 9.96.